The molecule has 1 unspecified atom stereocenters. The van der Waals surface area contributed by atoms with Crippen LogP contribution in [0.25, 0.3) is 0 Å². The molecule has 1 saturated heterocycles. The van der Waals surface area contributed by atoms with Crippen LogP contribution >= 0.6 is 0 Å². The van der Waals surface area contributed by atoms with Crippen LogP contribution in [0.3, 0.4) is 0 Å². The number of benzene rings is 1. The van der Waals surface area contributed by atoms with E-state index in [0.717, 1.165) is 50.3 Å². The van der Waals surface area contributed by atoms with Crippen LogP contribution in [0.15, 0.2) is 18.2 Å². The predicted octanol–water partition coefficient (Wildman–Crippen LogP) is 2.95. The number of hydrogen-bond acceptors (Lipinski definition) is 2. The lowest BCUT2D eigenvalue weighted by atomic mass is 9.86. The summed E-state index contributed by atoms with van der Waals surface area (Å²) in [5.41, 5.74) is 0.739. The van der Waals surface area contributed by atoms with Crippen LogP contribution in [0.1, 0.15) is 36.8 Å². The zero-order chi connectivity index (χ0) is 12.4. The van der Waals surface area contributed by atoms with Gasteiger partial charge in [0.25, 0.3) is 0 Å². The summed E-state index contributed by atoms with van der Waals surface area (Å²) in [5.74, 6) is 0.827. The van der Waals surface area contributed by atoms with E-state index in [2.05, 4.69) is 11.4 Å². The second-order valence-electron chi connectivity index (χ2n) is 5.31. The summed E-state index contributed by atoms with van der Waals surface area (Å²) in [6.45, 7) is 2.39. The predicted molar refractivity (Wildman–Crippen MR) is 69.8 cm³/mol. The van der Waals surface area contributed by atoms with Crippen LogP contribution in [0.2, 0.25) is 0 Å². The Hall–Kier alpha value is -1.09. The third-order valence-electron chi connectivity index (χ3n) is 4.04. The highest BCUT2D eigenvalue weighted by Crippen LogP contribution is 2.43. The van der Waals surface area contributed by atoms with Gasteiger partial charge in [-0.1, -0.05) is 18.2 Å². The van der Waals surface area contributed by atoms with Gasteiger partial charge in [0.1, 0.15) is 11.4 Å². The normalized spacial score (nSPS) is 28.1. The summed E-state index contributed by atoms with van der Waals surface area (Å²) < 4.78 is 21.0. The van der Waals surface area contributed by atoms with Crippen LogP contribution in [-0.4, -0.2) is 19.7 Å². The fourth-order valence-corrected chi connectivity index (χ4v) is 3.04. The van der Waals surface area contributed by atoms with Crippen LogP contribution < -0.4 is 10.1 Å². The highest BCUT2D eigenvalue weighted by atomic mass is 19.1. The molecule has 2 heterocycles. The van der Waals surface area contributed by atoms with Gasteiger partial charge in [0.2, 0.25) is 0 Å². The van der Waals surface area contributed by atoms with Gasteiger partial charge in [-0.25, -0.2) is 4.39 Å². The molecule has 0 saturated carbocycles. The first-order valence-corrected chi connectivity index (χ1v) is 6.94. The first kappa shape index (κ1) is 12.0. The molecule has 1 N–H and O–H groups in total. The third-order valence-corrected chi connectivity index (χ3v) is 4.04. The topological polar surface area (TPSA) is 21.3 Å². The highest BCUT2D eigenvalue weighted by molar-refractivity contribution is 5.46. The molecule has 0 amide bonds. The Kier molecular flexibility index (Phi) is 3.25. The summed E-state index contributed by atoms with van der Waals surface area (Å²) in [5, 5.41) is 3.27. The number of hydrogen-bond donors (Lipinski definition) is 1. The number of rotatable bonds is 1. The molecule has 0 radical (unpaired) electrons. The van der Waals surface area contributed by atoms with Crippen molar-refractivity contribution in [3.63, 3.8) is 0 Å². The molecule has 2 nitrogen and oxygen atoms in total. The summed E-state index contributed by atoms with van der Waals surface area (Å²) in [7, 11) is 0. The number of nitrogens with one attached hydrogen (secondary N) is 1. The first-order chi connectivity index (χ1) is 8.80. The maximum atomic E-state index is 15.2. The fraction of sp³-hybridized carbons (Fsp3) is 0.600. The monoisotopic (exact) mass is 249 g/mol. The molecule has 0 aliphatic carbocycles. The van der Waals surface area contributed by atoms with Gasteiger partial charge in [-0.05, 0) is 50.8 Å². The smallest absolute Gasteiger partial charge is 0.140 e. The van der Waals surface area contributed by atoms with Crippen molar-refractivity contribution in [2.24, 2.45) is 0 Å². The van der Waals surface area contributed by atoms with E-state index in [9.17, 15) is 0 Å². The minimum Gasteiger partial charge on any atom is -0.493 e. The second kappa shape index (κ2) is 4.88. The van der Waals surface area contributed by atoms with E-state index in [1.165, 1.54) is 5.56 Å². The third kappa shape index (κ3) is 2.12. The maximum absolute atomic E-state index is 15.2. The molecule has 2 aliphatic rings. The van der Waals surface area contributed by atoms with E-state index >= 15 is 4.39 Å². The molecule has 1 fully saturated rings. The van der Waals surface area contributed by atoms with Crippen LogP contribution in [0.5, 0.6) is 5.75 Å². The van der Waals surface area contributed by atoms with Crippen molar-refractivity contribution in [2.45, 2.75) is 37.8 Å². The quantitative estimate of drug-likeness (QED) is 0.826. The average molecular weight is 249 g/mol. The largest absolute Gasteiger partial charge is 0.493 e. The number of halogens is 1. The fourth-order valence-electron chi connectivity index (χ4n) is 3.04. The summed E-state index contributed by atoms with van der Waals surface area (Å²) in [6, 6.07) is 5.95. The Morgan fingerprint density at radius 1 is 1.17 bits per heavy atom. The van der Waals surface area contributed by atoms with Crippen molar-refractivity contribution in [3.8, 4) is 5.75 Å². The number of fused-ring (bicyclic) bond motifs is 1. The lowest BCUT2D eigenvalue weighted by Crippen LogP contribution is -2.24. The van der Waals surface area contributed by atoms with E-state index in [0.29, 0.717) is 12.8 Å². The number of ether oxygens (including phenoxy) is 1. The zero-order valence-corrected chi connectivity index (χ0v) is 10.7. The van der Waals surface area contributed by atoms with Gasteiger partial charge in [-0.2, -0.15) is 0 Å². The molecule has 3 heteroatoms. The standard InChI is InChI=1S/C15H20FNO/c16-15(7-3-9-17-10-8-15)13-6-1-4-12-5-2-11-18-14(12)13/h1,4,6,17H,2-3,5,7-11H2. The SMILES string of the molecule is FC1(c2cccc3c2OCCC3)CCCNCC1. The number of alkyl halides is 1. The molecule has 1 aromatic rings. The van der Waals surface area contributed by atoms with Crippen molar-refractivity contribution < 1.29 is 9.13 Å². The van der Waals surface area contributed by atoms with Crippen LogP contribution in [0, 0.1) is 0 Å². The van der Waals surface area contributed by atoms with E-state index in [1.54, 1.807) is 0 Å². The highest BCUT2D eigenvalue weighted by Gasteiger charge is 2.36. The van der Waals surface area contributed by atoms with Gasteiger partial charge >= 0.3 is 0 Å². The van der Waals surface area contributed by atoms with Gasteiger partial charge in [0.05, 0.1) is 6.61 Å². The summed E-state index contributed by atoms with van der Waals surface area (Å²) >= 11 is 0. The molecule has 0 spiro atoms. The van der Waals surface area contributed by atoms with Gasteiger partial charge in [0.15, 0.2) is 0 Å². The van der Waals surface area contributed by atoms with Crippen LogP contribution in [0.4, 0.5) is 4.39 Å². The Morgan fingerprint density at radius 3 is 3.06 bits per heavy atom. The van der Waals surface area contributed by atoms with Gasteiger partial charge < -0.3 is 10.1 Å². The van der Waals surface area contributed by atoms with E-state index in [4.69, 9.17) is 4.74 Å². The molecular weight excluding hydrogens is 229 g/mol. The van der Waals surface area contributed by atoms with E-state index in [-0.39, 0.29) is 0 Å². The van der Waals surface area contributed by atoms with E-state index < -0.39 is 5.67 Å². The summed E-state index contributed by atoms with van der Waals surface area (Å²) in [4.78, 5) is 0. The van der Waals surface area contributed by atoms with Crippen molar-refractivity contribution in [1.82, 2.24) is 5.32 Å². The van der Waals surface area contributed by atoms with Gasteiger partial charge in [-0.15, -0.1) is 0 Å². The Labute approximate surface area is 108 Å². The van der Waals surface area contributed by atoms with E-state index in [1.807, 2.05) is 12.1 Å². The molecular formula is C15H20FNO. The Balaban J connectivity index is 1.99. The lowest BCUT2D eigenvalue weighted by molar-refractivity contribution is 0.136. The molecule has 3 rings (SSSR count). The minimum absolute atomic E-state index is 0.548. The zero-order valence-electron chi connectivity index (χ0n) is 10.7. The Morgan fingerprint density at radius 2 is 2.11 bits per heavy atom. The van der Waals surface area contributed by atoms with Crippen molar-refractivity contribution >= 4 is 0 Å². The maximum Gasteiger partial charge on any atom is 0.140 e. The van der Waals surface area contributed by atoms with Crippen LogP contribution in [-0.2, 0) is 12.1 Å². The molecule has 0 aromatic heterocycles. The summed E-state index contributed by atoms with van der Waals surface area (Å²) in [6.07, 6.45) is 4.08. The van der Waals surface area contributed by atoms with Crippen molar-refractivity contribution in [2.75, 3.05) is 19.7 Å². The first-order valence-electron chi connectivity index (χ1n) is 6.94. The number of aryl methyl sites for hydroxylation is 1. The van der Waals surface area contributed by atoms with Gasteiger partial charge in [-0.3, -0.25) is 0 Å². The Bertz CT molecular complexity index is 425. The molecule has 1 atom stereocenters. The average Bonchev–Trinajstić information content (AvgIpc) is 2.64. The minimum atomic E-state index is -1.22. The molecule has 18 heavy (non-hydrogen) atoms. The molecule has 0 bridgehead atoms. The number of para-hydroxylation sites is 1. The molecule has 2 aliphatic heterocycles. The molecule has 1 aromatic carbocycles. The second-order valence-corrected chi connectivity index (χ2v) is 5.31. The van der Waals surface area contributed by atoms with Crippen molar-refractivity contribution in [3.05, 3.63) is 29.3 Å². The molecule has 98 valence electrons. The lowest BCUT2D eigenvalue weighted by Gasteiger charge is -2.29. The van der Waals surface area contributed by atoms with Gasteiger partial charge in [0, 0.05) is 5.56 Å². The van der Waals surface area contributed by atoms with Crippen molar-refractivity contribution in [1.29, 1.82) is 0 Å².